The van der Waals surface area contributed by atoms with Crippen LogP contribution in [0.3, 0.4) is 0 Å². The van der Waals surface area contributed by atoms with Crippen LogP contribution in [0.4, 0.5) is 0 Å². The van der Waals surface area contributed by atoms with Crippen LogP contribution in [0.2, 0.25) is 5.02 Å². The minimum absolute atomic E-state index is 0.135. The molecule has 1 fully saturated rings. The molecular formula is C30H34ClN4O+. The van der Waals surface area contributed by atoms with Gasteiger partial charge in [-0.25, -0.2) is 4.98 Å². The summed E-state index contributed by atoms with van der Waals surface area (Å²) in [6, 6.07) is 22.6. The maximum absolute atomic E-state index is 13.7. The number of fused-ring (bicyclic) bond motifs is 1. The number of nitrogens with zero attached hydrogens (tertiary/aromatic N) is 3. The molecular weight excluding hydrogens is 468 g/mol. The zero-order valence-corrected chi connectivity index (χ0v) is 21.6. The zero-order valence-electron chi connectivity index (χ0n) is 20.9. The Labute approximate surface area is 218 Å². The van der Waals surface area contributed by atoms with E-state index in [1.165, 1.54) is 5.56 Å². The van der Waals surface area contributed by atoms with Crippen molar-refractivity contribution in [1.82, 2.24) is 14.9 Å². The standard InChI is InChI=1S/C30H34ClN4O/c1-2-3-17-35(29(28-21-32-22-33-28)20-23-11-13-25(31)14-12-23)18-15-34(16-19-35)30(36)27-10-6-8-24-7-4-5-9-26(24)27/h4-14,21-22,29H,2-3,15-20H2,1H3,(H,32,33)/q+1/t29-/m0/s1. The highest BCUT2D eigenvalue weighted by atomic mass is 35.5. The number of benzene rings is 3. The van der Waals surface area contributed by atoms with E-state index in [1.807, 2.05) is 42.6 Å². The molecule has 4 aromatic rings. The number of carbonyl (C=O) groups is 1. The number of piperazine rings is 1. The maximum atomic E-state index is 13.7. The van der Waals surface area contributed by atoms with Gasteiger partial charge in [0.15, 0.2) is 0 Å². The Morgan fingerprint density at radius 3 is 2.53 bits per heavy atom. The van der Waals surface area contributed by atoms with Gasteiger partial charge >= 0.3 is 0 Å². The Hall–Kier alpha value is -3.15. The smallest absolute Gasteiger partial charge is 0.254 e. The van der Waals surface area contributed by atoms with Crippen molar-refractivity contribution in [2.45, 2.75) is 32.2 Å². The number of hydrogen-bond donors (Lipinski definition) is 1. The molecule has 2 heterocycles. The molecule has 0 saturated carbocycles. The maximum Gasteiger partial charge on any atom is 0.254 e. The molecule has 1 amide bonds. The number of rotatable bonds is 8. The van der Waals surface area contributed by atoms with Crippen LogP contribution >= 0.6 is 11.6 Å². The van der Waals surface area contributed by atoms with Gasteiger partial charge in [-0.05, 0) is 41.0 Å². The van der Waals surface area contributed by atoms with Crippen molar-refractivity contribution in [3.63, 3.8) is 0 Å². The van der Waals surface area contributed by atoms with Crippen LogP contribution < -0.4 is 0 Å². The van der Waals surface area contributed by atoms with Gasteiger partial charge in [0, 0.05) is 17.0 Å². The molecule has 1 saturated heterocycles. The largest absolute Gasteiger partial charge is 0.344 e. The summed E-state index contributed by atoms with van der Waals surface area (Å²) in [6.07, 6.45) is 6.96. The molecule has 0 radical (unpaired) electrons. The summed E-state index contributed by atoms with van der Waals surface area (Å²) in [5.41, 5.74) is 3.23. The lowest BCUT2D eigenvalue weighted by molar-refractivity contribution is -0.960. The number of H-pyrrole nitrogens is 1. The summed E-state index contributed by atoms with van der Waals surface area (Å²) in [7, 11) is 0. The first-order valence-corrected chi connectivity index (χ1v) is 13.3. The van der Waals surface area contributed by atoms with Gasteiger partial charge in [0.1, 0.15) is 6.04 Å². The molecule has 1 aliphatic heterocycles. The third-order valence-electron chi connectivity index (χ3n) is 7.78. The van der Waals surface area contributed by atoms with Crippen LogP contribution in [0, 0.1) is 0 Å². The molecule has 186 valence electrons. The van der Waals surface area contributed by atoms with Gasteiger partial charge in [-0.15, -0.1) is 0 Å². The van der Waals surface area contributed by atoms with Crippen molar-refractivity contribution in [3.8, 4) is 0 Å². The minimum Gasteiger partial charge on any atom is -0.344 e. The van der Waals surface area contributed by atoms with Gasteiger partial charge in [-0.3, -0.25) is 4.79 Å². The lowest BCUT2D eigenvalue weighted by Crippen LogP contribution is -2.62. The van der Waals surface area contributed by atoms with Crippen LogP contribution in [-0.4, -0.2) is 58.0 Å². The van der Waals surface area contributed by atoms with Crippen molar-refractivity contribution in [3.05, 3.63) is 101 Å². The predicted molar refractivity (Wildman–Crippen MR) is 146 cm³/mol. The fraction of sp³-hybridized carbons (Fsp3) is 0.333. The summed E-state index contributed by atoms with van der Waals surface area (Å²) in [4.78, 5) is 23.5. The number of amides is 1. The van der Waals surface area contributed by atoms with E-state index >= 15 is 0 Å². The first-order chi connectivity index (χ1) is 17.6. The third kappa shape index (κ3) is 5.04. The van der Waals surface area contributed by atoms with Gasteiger partial charge in [0.2, 0.25) is 0 Å². The first-order valence-electron chi connectivity index (χ1n) is 13.0. The molecule has 0 unspecified atom stereocenters. The Morgan fingerprint density at radius 1 is 1.06 bits per heavy atom. The Kier molecular flexibility index (Phi) is 7.40. The second-order valence-corrected chi connectivity index (χ2v) is 10.4. The van der Waals surface area contributed by atoms with E-state index in [4.69, 9.17) is 11.6 Å². The van der Waals surface area contributed by atoms with E-state index in [9.17, 15) is 4.79 Å². The number of hydrogen-bond acceptors (Lipinski definition) is 2. The normalized spacial score (nSPS) is 16.2. The molecule has 3 aromatic carbocycles. The molecule has 0 spiro atoms. The van der Waals surface area contributed by atoms with Crippen LogP contribution in [-0.2, 0) is 6.42 Å². The van der Waals surface area contributed by atoms with Gasteiger partial charge < -0.3 is 14.4 Å². The second-order valence-electron chi connectivity index (χ2n) is 9.92. The summed E-state index contributed by atoms with van der Waals surface area (Å²) >= 11 is 6.17. The predicted octanol–water partition coefficient (Wildman–Crippen LogP) is 6.27. The molecule has 36 heavy (non-hydrogen) atoms. The lowest BCUT2D eigenvalue weighted by Gasteiger charge is -2.49. The SMILES string of the molecule is CCCC[N+]1([C@@H](Cc2ccc(Cl)cc2)c2cnc[nH]2)CCN(C(=O)c2cccc3ccccc23)CC1. The molecule has 1 aromatic heterocycles. The summed E-state index contributed by atoms with van der Waals surface area (Å²) in [5.74, 6) is 0.135. The fourth-order valence-corrected chi connectivity index (χ4v) is 5.83. The van der Waals surface area contributed by atoms with E-state index in [-0.39, 0.29) is 11.9 Å². The summed E-state index contributed by atoms with van der Waals surface area (Å²) in [5, 5.41) is 2.89. The molecule has 5 rings (SSSR count). The molecule has 1 N–H and O–H groups in total. The van der Waals surface area contributed by atoms with Gasteiger partial charge in [-0.2, -0.15) is 0 Å². The topological polar surface area (TPSA) is 49.0 Å². The number of carbonyl (C=O) groups excluding carboxylic acids is 1. The van der Waals surface area contributed by atoms with Crippen LogP contribution in [0.15, 0.2) is 79.3 Å². The number of aromatic amines is 1. The number of unbranched alkanes of at least 4 members (excludes halogenated alkanes) is 1. The molecule has 6 heteroatoms. The highest BCUT2D eigenvalue weighted by Crippen LogP contribution is 2.34. The lowest BCUT2D eigenvalue weighted by atomic mass is 9.97. The van der Waals surface area contributed by atoms with Gasteiger partial charge in [-0.1, -0.05) is 73.5 Å². The highest BCUT2D eigenvalue weighted by molar-refractivity contribution is 6.30. The van der Waals surface area contributed by atoms with Crippen molar-refractivity contribution in [1.29, 1.82) is 0 Å². The van der Waals surface area contributed by atoms with Crippen molar-refractivity contribution in [2.24, 2.45) is 0 Å². The summed E-state index contributed by atoms with van der Waals surface area (Å²) < 4.78 is 0.956. The quantitative estimate of drug-likeness (QED) is 0.289. The zero-order chi connectivity index (χ0) is 25.0. The van der Waals surface area contributed by atoms with Crippen LogP contribution in [0.25, 0.3) is 10.8 Å². The second kappa shape index (κ2) is 10.9. The highest BCUT2D eigenvalue weighted by Gasteiger charge is 2.42. The number of quaternary nitrogens is 1. The summed E-state index contributed by atoms with van der Waals surface area (Å²) in [6.45, 7) is 6.68. The third-order valence-corrected chi connectivity index (χ3v) is 8.03. The minimum atomic E-state index is 0.135. The molecule has 1 atom stereocenters. The van der Waals surface area contributed by atoms with E-state index in [0.29, 0.717) is 0 Å². The first kappa shape index (κ1) is 24.5. The average molecular weight is 502 g/mol. The number of imidazole rings is 1. The number of nitrogens with one attached hydrogen (secondary N) is 1. The molecule has 0 bridgehead atoms. The van der Waals surface area contributed by atoms with Gasteiger partial charge in [0.25, 0.3) is 5.91 Å². The Morgan fingerprint density at radius 2 is 1.81 bits per heavy atom. The van der Waals surface area contributed by atoms with Gasteiger partial charge in [0.05, 0.1) is 50.9 Å². The fourth-order valence-electron chi connectivity index (χ4n) is 5.70. The monoisotopic (exact) mass is 501 g/mol. The Bertz CT molecular complexity index is 1290. The molecule has 5 nitrogen and oxygen atoms in total. The molecule has 0 aliphatic carbocycles. The number of halogens is 1. The van der Waals surface area contributed by atoms with E-state index in [0.717, 1.165) is 83.5 Å². The van der Waals surface area contributed by atoms with Crippen molar-refractivity contribution in [2.75, 3.05) is 32.7 Å². The van der Waals surface area contributed by atoms with Crippen LogP contribution in [0.1, 0.15) is 47.4 Å². The van der Waals surface area contributed by atoms with E-state index in [1.54, 1.807) is 6.33 Å². The van der Waals surface area contributed by atoms with Crippen molar-refractivity contribution >= 4 is 28.3 Å². The molecule has 1 aliphatic rings. The Balaban J connectivity index is 1.41. The van der Waals surface area contributed by atoms with E-state index < -0.39 is 0 Å². The number of aromatic nitrogens is 2. The van der Waals surface area contributed by atoms with E-state index in [2.05, 4.69) is 52.1 Å². The van der Waals surface area contributed by atoms with Crippen LogP contribution in [0.5, 0.6) is 0 Å². The van der Waals surface area contributed by atoms with Crippen molar-refractivity contribution < 1.29 is 9.28 Å². The average Bonchev–Trinajstić information content (AvgIpc) is 3.46.